The highest BCUT2D eigenvalue weighted by Gasteiger charge is 2.17. The van der Waals surface area contributed by atoms with Gasteiger partial charge < -0.3 is 18.6 Å². The molecule has 0 aliphatic heterocycles. The molecule has 6 nitrogen and oxygen atoms in total. The minimum absolute atomic E-state index is 0.395. The molecule has 3 aromatic rings. The number of ether oxygens (including phenoxy) is 3. The Bertz CT molecular complexity index is 875. The third-order valence-electron chi connectivity index (χ3n) is 3.57. The number of hydrogen-bond acceptors (Lipinski definition) is 7. The lowest BCUT2D eigenvalue weighted by atomic mass is 10.2. The Morgan fingerprint density at radius 2 is 1.69 bits per heavy atom. The van der Waals surface area contributed by atoms with Gasteiger partial charge in [-0.3, -0.25) is 0 Å². The molecule has 3 rings (SSSR count). The van der Waals surface area contributed by atoms with Gasteiger partial charge in [-0.15, -0.1) is 22.0 Å². The maximum Gasteiger partial charge on any atom is 0.248 e. The molecule has 0 saturated carbocycles. The molecule has 0 aliphatic carbocycles. The van der Waals surface area contributed by atoms with Crippen LogP contribution >= 0.6 is 27.7 Å². The van der Waals surface area contributed by atoms with Gasteiger partial charge in [0.25, 0.3) is 0 Å². The summed E-state index contributed by atoms with van der Waals surface area (Å²) < 4.78 is 22.9. The molecule has 0 atom stereocenters. The van der Waals surface area contributed by atoms with Gasteiger partial charge in [-0.05, 0) is 40.2 Å². The molecule has 0 N–H and O–H groups in total. The maximum atomic E-state index is 5.79. The second-order valence-electron chi connectivity index (χ2n) is 5.13. The maximum absolute atomic E-state index is 5.79. The average Bonchev–Trinajstić information content (AvgIpc) is 3.15. The molecular formula is C18H17BrN2O4S. The summed E-state index contributed by atoms with van der Waals surface area (Å²) in [6.45, 7) is 0. The molecule has 0 bridgehead atoms. The summed E-state index contributed by atoms with van der Waals surface area (Å²) in [6.07, 6.45) is 0. The van der Waals surface area contributed by atoms with Crippen LogP contribution in [0, 0.1) is 0 Å². The van der Waals surface area contributed by atoms with E-state index in [1.54, 1.807) is 45.2 Å². The Balaban J connectivity index is 1.82. The largest absolute Gasteiger partial charge is 0.493 e. The van der Waals surface area contributed by atoms with Crippen molar-refractivity contribution in [1.82, 2.24) is 10.2 Å². The van der Waals surface area contributed by atoms with Crippen LogP contribution in [0.2, 0.25) is 0 Å². The minimum atomic E-state index is 0.395. The van der Waals surface area contributed by atoms with Crippen molar-refractivity contribution in [1.29, 1.82) is 0 Å². The molecule has 0 amide bonds. The van der Waals surface area contributed by atoms with E-state index in [4.69, 9.17) is 18.6 Å². The zero-order chi connectivity index (χ0) is 18.5. The molecule has 0 spiro atoms. The third kappa shape index (κ3) is 3.96. The summed E-state index contributed by atoms with van der Waals surface area (Å²) in [6, 6.07) is 11.5. The highest BCUT2D eigenvalue weighted by atomic mass is 79.9. The predicted molar refractivity (Wildman–Crippen MR) is 103 cm³/mol. The number of halogens is 1. The lowest BCUT2D eigenvalue weighted by Gasteiger charge is -2.12. The summed E-state index contributed by atoms with van der Waals surface area (Å²) in [5.74, 6) is 3.08. The van der Waals surface area contributed by atoms with Crippen LogP contribution in [0.1, 0.15) is 5.89 Å². The van der Waals surface area contributed by atoms with Gasteiger partial charge in [0, 0.05) is 14.9 Å². The number of aromatic nitrogens is 2. The van der Waals surface area contributed by atoms with Crippen molar-refractivity contribution in [2.24, 2.45) is 0 Å². The van der Waals surface area contributed by atoms with Crippen LogP contribution in [-0.4, -0.2) is 31.5 Å². The molecule has 26 heavy (non-hydrogen) atoms. The second kappa shape index (κ2) is 8.46. The molecular weight excluding hydrogens is 420 g/mol. The van der Waals surface area contributed by atoms with Crippen LogP contribution in [-0.2, 0) is 5.75 Å². The molecule has 0 unspecified atom stereocenters. The summed E-state index contributed by atoms with van der Waals surface area (Å²) in [4.78, 5) is 1.11. The number of rotatable bonds is 7. The van der Waals surface area contributed by atoms with Gasteiger partial charge in [0.05, 0.1) is 27.1 Å². The van der Waals surface area contributed by atoms with E-state index in [1.165, 1.54) is 0 Å². The van der Waals surface area contributed by atoms with Gasteiger partial charge in [0.2, 0.25) is 17.5 Å². The van der Waals surface area contributed by atoms with E-state index in [1.807, 2.05) is 24.3 Å². The van der Waals surface area contributed by atoms with E-state index in [-0.39, 0.29) is 0 Å². The van der Waals surface area contributed by atoms with Crippen molar-refractivity contribution in [3.05, 3.63) is 46.8 Å². The van der Waals surface area contributed by atoms with Crippen molar-refractivity contribution in [3.63, 3.8) is 0 Å². The molecule has 136 valence electrons. The lowest BCUT2D eigenvalue weighted by Crippen LogP contribution is -1.95. The fourth-order valence-corrected chi connectivity index (χ4v) is 3.74. The number of hydrogen-bond donors (Lipinski definition) is 0. The molecule has 1 heterocycles. The van der Waals surface area contributed by atoms with Crippen LogP contribution in [0.5, 0.6) is 17.2 Å². The highest BCUT2D eigenvalue weighted by Crippen LogP contribution is 2.41. The molecule has 0 radical (unpaired) electrons. The first-order valence-electron chi connectivity index (χ1n) is 7.66. The first-order valence-corrected chi connectivity index (χ1v) is 9.44. The van der Waals surface area contributed by atoms with Gasteiger partial charge in [-0.1, -0.05) is 12.1 Å². The number of thioether (sulfide) groups is 1. The lowest BCUT2D eigenvalue weighted by molar-refractivity contribution is 0.324. The van der Waals surface area contributed by atoms with Gasteiger partial charge >= 0.3 is 0 Å². The van der Waals surface area contributed by atoms with Crippen molar-refractivity contribution in [2.75, 3.05) is 21.3 Å². The molecule has 1 aromatic heterocycles. The van der Waals surface area contributed by atoms with E-state index in [2.05, 4.69) is 26.1 Å². The topological polar surface area (TPSA) is 66.6 Å². The summed E-state index contributed by atoms with van der Waals surface area (Å²) >= 11 is 5.15. The van der Waals surface area contributed by atoms with Crippen LogP contribution < -0.4 is 14.2 Å². The van der Waals surface area contributed by atoms with Gasteiger partial charge in [0.1, 0.15) is 0 Å². The molecule has 2 aromatic carbocycles. The zero-order valence-electron chi connectivity index (χ0n) is 14.5. The Morgan fingerprint density at radius 1 is 1.00 bits per heavy atom. The second-order valence-corrected chi connectivity index (χ2v) is 7.01. The van der Waals surface area contributed by atoms with E-state index in [0.29, 0.717) is 40.3 Å². The van der Waals surface area contributed by atoms with Crippen LogP contribution in [0.25, 0.3) is 11.5 Å². The fourth-order valence-electron chi connectivity index (χ4n) is 2.33. The van der Waals surface area contributed by atoms with E-state index >= 15 is 0 Å². The van der Waals surface area contributed by atoms with Gasteiger partial charge in [0.15, 0.2) is 11.5 Å². The fraction of sp³-hybridized carbons (Fsp3) is 0.222. The highest BCUT2D eigenvalue weighted by molar-refractivity contribution is 9.10. The van der Waals surface area contributed by atoms with Gasteiger partial charge in [-0.25, -0.2) is 0 Å². The standard InChI is InChI=1S/C18H17BrN2O4S/c1-22-13-8-11(9-14(23-2)17(13)24-3)18-21-20-16(25-18)10-26-15-7-5-4-6-12(15)19/h4-9H,10H2,1-3H3. The average molecular weight is 437 g/mol. The summed E-state index contributed by atoms with van der Waals surface area (Å²) in [5, 5.41) is 8.26. The monoisotopic (exact) mass is 436 g/mol. The van der Waals surface area contributed by atoms with E-state index in [0.717, 1.165) is 9.37 Å². The SMILES string of the molecule is COc1cc(-c2nnc(CSc3ccccc3Br)o2)cc(OC)c1OC. The van der Waals surface area contributed by atoms with Crippen LogP contribution in [0.15, 0.2) is 50.2 Å². The Morgan fingerprint density at radius 3 is 2.31 bits per heavy atom. The summed E-state index contributed by atoms with van der Waals surface area (Å²) in [5.41, 5.74) is 0.698. The normalized spacial score (nSPS) is 10.6. The molecule has 0 fully saturated rings. The van der Waals surface area contributed by atoms with Gasteiger partial charge in [-0.2, -0.15) is 0 Å². The third-order valence-corrected chi connectivity index (χ3v) is 5.58. The number of nitrogens with zero attached hydrogens (tertiary/aromatic N) is 2. The predicted octanol–water partition coefficient (Wildman–Crippen LogP) is 4.82. The smallest absolute Gasteiger partial charge is 0.248 e. The van der Waals surface area contributed by atoms with E-state index in [9.17, 15) is 0 Å². The number of benzene rings is 2. The zero-order valence-corrected chi connectivity index (χ0v) is 16.9. The minimum Gasteiger partial charge on any atom is -0.493 e. The van der Waals surface area contributed by atoms with Crippen molar-refractivity contribution in [2.45, 2.75) is 10.6 Å². The molecule has 0 saturated heterocycles. The summed E-state index contributed by atoms with van der Waals surface area (Å²) in [7, 11) is 4.69. The Labute approximate surface area is 164 Å². The molecule has 0 aliphatic rings. The van der Waals surface area contributed by atoms with Crippen molar-refractivity contribution in [3.8, 4) is 28.7 Å². The first kappa shape index (κ1) is 18.6. The Hall–Kier alpha value is -2.19. The molecule has 8 heteroatoms. The Kier molecular flexibility index (Phi) is 6.05. The number of methoxy groups -OCH3 is 3. The van der Waals surface area contributed by atoms with E-state index < -0.39 is 0 Å². The van der Waals surface area contributed by atoms with Crippen molar-refractivity contribution < 1.29 is 18.6 Å². The first-order chi connectivity index (χ1) is 12.7. The quantitative estimate of drug-likeness (QED) is 0.491. The van der Waals surface area contributed by atoms with Crippen LogP contribution in [0.3, 0.4) is 0 Å². The van der Waals surface area contributed by atoms with Crippen molar-refractivity contribution >= 4 is 27.7 Å². The van der Waals surface area contributed by atoms with Crippen LogP contribution in [0.4, 0.5) is 0 Å².